The highest BCUT2D eigenvalue weighted by molar-refractivity contribution is 5.74. The smallest absolute Gasteiger partial charge is 0.320 e. The minimum atomic E-state index is -0.784. The van der Waals surface area contributed by atoms with E-state index in [9.17, 15) is 4.79 Å². The maximum Gasteiger partial charge on any atom is 0.320 e. The zero-order valence-corrected chi connectivity index (χ0v) is 8.55. The fourth-order valence-electron chi connectivity index (χ4n) is 1.55. The maximum atomic E-state index is 10.9. The molecule has 1 heterocycles. The first kappa shape index (κ1) is 10.1. The van der Waals surface area contributed by atoms with Gasteiger partial charge in [0.05, 0.1) is 6.54 Å². The Kier molecular flexibility index (Phi) is 2.68. The Morgan fingerprint density at radius 1 is 1.80 bits per heavy atom. The van der Waals surface area contributed by atoms with Gasteiger partial charge in [-0.1, -0.05) is 0 Å². The average Bonchev–Trinajstić information content (AvgIpc) is 2.90. The Balaban J connectivity index is 1.87. The van der Waals surface area contributed by atoms with Crippen LogP contribution in [0.1, 0.15) is 18.7 Å². The molecule has 2 rings (SSSR count). The van der Waals surface area contributed by atoms with Gasteiger partial charge in [0.15, 0.2) is 5.82 Å². The zero-order valence-electron chi connectivity index (χ0n) is 8.55. The van der Waals surface area contributed by atoms with E-state index in [1.807, 2.05) is 0 Å². The van der Waals surface area contributed by atoms with Crippen molar-refractivity contribution in [2.24, 2.45) is 13.0 Å². The molecule has 1 saturated carbocycles. The predicted molar refractivity (Wildman–Crippen MR) is 52.0 cm³/mol. The number of nitrogens with zero attached hydrogens (tertiary/aromatic N) is 3. The second-order valence-corrected chi connectivity index (χ2v) is 3.87. The van der Waals surface area contributed by atoms with Gasteiger partial charge in [-0.25, -0.2) is 4.98 Å². The molecule has 1 atom stereocenters. The molecule has 82 valence electrons. The molecule has 0 aliphatic heterocycles. The van der Waals surface area contributed by atoms with Crippen molar-refractivity contribution in [3.8, 4) is 0 Å². The fourth-order valence-corrected chi connectivity index (χ4v) is 1.55. The Hall–Kier alpha value is -1.43. The van der Waals surface area contributed by atoms with E-state index in [1.54, 1.807) is 18.1 Å². The SMILES string of the molecule is Cn1cnc(CNC(C(=O)O)C2CC2)n1. The van der Waals surface area contributed by atoms with Gasteiger partial charge in [-0.3, -0.25) is 14.8 Å². The third-order valence-corrected chi connectivity index (χ3v) is 2.49. The molecule has 0 bridgehead atoms. The molecule has 1 aliphatic carbocycles. The number of aryl methyl sites for hydroxylation is 1. The minimum Gasteiger partial charge on any atom is -0.480 e. The monoisotopic (exact) mass is 210 g/mol. The van der Waals surface area contributed by atoms with Gasteiger partial charge in [-0.2, -0.15) is 5.10 Å². The van der Waals surface area contributed by atoms with Crippen molar-refractivity contribution in [1.82, 2.24) is 20.1 Å². The number of rotatable bonds is 5. The van der Waals surface area contributed by atoms with Crippen LogP contribution in [0.2, 0.25) is 0 Å². The highest BCUT2D eigenvalue weighted by Crippen LogP contribution is 2.32. The zero-order chi connectivity index (χ0) is 10.8. The molecule has 0 spiro atoms. The summed E-state index contributed by atoms with van der Waals surface area (Å²) in [5.74, 6) is 0.129. The molecule has 6 heteroatoms. The van der Waals surface area contributed by atoms with E-state index < -0.39 is 12.0 Å². The molecule has 15 heavy (non-hydrogen) atoms. The molecular weight excluding hydrogens is 196 g/mol. The van der Waals surface area contributed by atoms with Crippen LogP contribution in [0.15, 0.2) is 6.33 Å². The van der Waals surface area contributed by atoms with Gasteiger partial charge in [0.25, 0.3) is 0 Å². The molecule has 0 amide bonds. The van der Waals surface area contributed by atoms with Gasteiger partial charge in [0.1, 0.15) is 12.4 Å². The Labute approximate surface area is 87.3 Å². The van der Waals surface area contributed by atoms with Crippen molar-refractivity contribution in [2.45, 2.75) is 25.4 Å². The number of carboxylic acid groups (broad SMARTS) is 1. The molecule has 1 unspecified atom stereocenters. The molecule has 0 aromatic carbocycles. The number of carboxylic acids is 1. The van der Waals surface area contributed by atoms with Crippen molar-refractivity contribution in [1.29, 1.82) is 0 Å². The second-order valence-electron chi connectivity index (χ2n) is 3.87. The second kappa shape index (κ2) is 3.98. The van der Waals surface area contributed by atoms with Gasteiger partial charge in [-0.15, -0.1) is 0 Å². The predicted octanol–water partition coefficient (Wildman–Crippen LogP) is -0.232. The number of nitrogens with one attached hydrogen (secondary N) is 1. The number of aromatic nitrogens is 3. The summed E-state index contributed by atoms with van der Waals surface area (Å²) in [6, 6.07) is -0.450. The van der Waals surface area contributed by atoms with E-state index >= 15 is 0 Å². The normalized spacial score (nSPS) is 17.7. The highest BCUT2D eigenvalue weighted by Gasteiger charge is 2.35. The van der Waals surface area contributed by atoms with Crippen LogP contribution in [0, 0.1) is 5.92 Å². The largest absolute Gasteiger partial charge is 0.480 e. The molecule has 1 aliphatic rings. The van der Waals surface area contributed by atoms with Crippen molar-refractivity contribution >= 4 is 5.97 Å². The van der Waals surface area contributed by atoms with E-state index in [0.717, 1.165) is 12.8 Å². The third kappa shape index (κ3) is 2.53. The molecule has 0 saturated heterocycles. The van der Waals surface area contributed by atoms with E-state index in [1.165, 1.54) is 0 Å². The molecule has 0 radical (unpaired) electrons. The van der Waals surface area contributed by atoms with Crippen molar-refractivity contribution < 1.29 is 9.90 Å². The Morgan fingerprint density at radius 3 is 3.00 bits per heavy atom. The van der Waals surface area contributed by atoms with Crippen LogP contribution in [0.5, 0.6) is 0 Å². The number of aliphatic carboxylic acids is 1. The summed E-state index contributed by atoms with van der Waals surface area (Å²) in [4.78, 5) is 14.9. The van der Waals surface area contributed by atoms with Gasteiger partial charge in [0, 0.05) is 7.05 Å². The molecule has 1 fully saturated rings. The maximum absolute atomic E-state index is 10.9. The van der Waals surface area contributed by atoms with Crippen LogP contribution in [-0.4, -0.2) is 31.9 Å². The first-order valence-electron chi connectivity index (χ1n) is 4.97. The standard InChI is InChI=1S/C9H14N4O2/c1-13-5-11-7(12-13)4-10-8(9(14)15)6-2-3-6/h5-6,8,10H,2-4H2,1H3,(H,14,15). The van der Waals surface area contributed by atoms with E-state index in [-0.39, 0.29) is 5.92 Å². The van der Waals surface area contributed by atoms with Crippen LogP contribution in [0.3, 0.4) is 0 Å². The fraction of sp³-hybridized carbons (Fsp3) is 0.667. The first-order valence-corrected chi connectivity index (χ1v) is 4.97. The van der Waals surface area contributed by atoms with Crippen LogP contribution < -0.4 is 5.32 Å². The van der Waals surface area contributed by atoms with Crippen molar-refractivity contribution in [3.05, 3.63) is 12.2 Å². The lowest BCUT2D eigenvalue weighted by Crippen LogP contribution is -2.38. The van der Waals surface area contributed by atoms with Crippen molar-refractivity contribution in [2.75, 3.05) is 0 Å². The topological polar surface area (TPSA) is 80.0 Å². The van der Waals surface area contributed by atoms with E-state index in [4.69, 9.17) is 5.11 Å². The van der Waals surface area contributed by atoms with Gasteiger partial charge in [-0.05, 0) is 18.8 Å². The molecular formula is C9H14N4O2. The van der Waals surface area contributed by atoms with Crippen LogP contribution in [0.25, 0.3) is 0 Å². The first-order chi connectivity index (χ1) is 7.16. The summed E-state index contributed by atoms with van der Waals surface area (Å²) < 4.78 is 1.60. The number of carbonyl (C=O) groups is 1. The van der Waals surface area contributed by atoms with Gasteiger partial charge in [0.2, 0.25) is 0 Å². The Morgan fingerprint density at radius 2 is 2.53 bits per heavy atom. The van der Waals surface area contributed by atoms with Crippen LogP contribution >= 0.6 is 0 Å². The van der Waals surface area contributed by atoms with E-state index in [2.05, 4.69) is 15.4 Å². The summed E-state index contributed by atoms with van der Waals surface area (Å²) in [7, 11) is 1.78. The number of hydrogen-bond acceptors (Lipinski definition) is 4. The lowest BCUT2D eigenvalue weighted by atomic mass is 10.2. The van der Waals surface area contributed by atoms with Crippen molar-refractivity contribution in [3.63, 3.8) is 0 Å². The summed E-state index contributed by atoms with van der Waals surface area (Å²) in [6.07, 6.45) is 3.60. The van der Waals surface area contributed by atoms with E-state index in [0.29, 0.717) is 12.4 Å². The summed E-state index contributed by atoms with van der Waals surface area (Å²) in [6.45, 7) is 0.411. The lowest BCUT2D eigenvalue weighted by molar-refractivity contribution is -0.140. The highest BCUT2D eigenvalue weighted by atomic mass is 16.4. The molecule has 2 N–H and O–H groups in total. The number of hydrogen-bond donors (Lipinski definition) is 2. The lowest BCUT2D eigenvalue weighted by Gasteiger charge is -2.11. The summed E-state index contributed by atoms with van der Waals surface area (Å²) in [5.41, 5.74) is 0. The molecule has 6 nitrogen and oxygen atoms in total. The quantitative estimate of drug-likeness (QED) is 0.701. The minimum absolute atomic E-state index is 0.284. The van der Waals surface area contributed by atoms with Gasteiger partial charge >= 0.3 is 5.97 Å². The average molecular weight is 210 g/mol. The van der Waals surface area contributed by atoms with Gasteiger partial charge < -0.3 is 5.11 Å². The van der Waals surface area contributed by atoms with Crippen LogP contribution in [-0.2, 0) is 18.4 Å². The Bertz CT molecular complexity index is 359. The molecule has 1 aromatic rings. The third-order valence-electron chi connectivity index (χ3n) is 2.49. The summed E-state index contributed by atoms with van der Waals surface area (Å²) >= 11 is 0. The molecule has 1 aromatic heterocycles. The summed E-state index contributed by atoms with van der Waals surface area (Å²) in [5, 5.41) is 16.0. The van der Waals surface area contributed by atoms with Crippen LogP contribution in [0.4, 0.5) is 0 Å².